The standard InChI is InChI=1S/C15H16ClFN2O/c1-3-14-11(9-20)15(4-2)19(18-14)8-10-5-6-12(16)13(17)7-10/h5-7,9H,3-4,8H2,1-2H3. The van der Waals surface area contributed by atoms with Crippen molar-refractivity contribution < 1.29 is 9.18 Å². The SMILES string of the molecule is CCc1nn(Cc2ccc(Cl)c(F)c2)c(CC)c1C=O. The number of aldehydes is 1. The van der Waals surface area contributed by atoms with Crippen LogP contribution in [0.5, 0.6) is 0 Å². The Morgan fingerprint density at radius 1 is 1.35 bits per heavy atom. The maximum atomic E-state index is 13.5. The predicted molar refractivity (Wildman–Crippen MR) is 76.9 cm³/mol. The number of aromatic nitrogens is 2. The lowest BCUT2D eigenvalue weighted by atomic mass is 10.1. The number of carbonyl (C=O) groups excluding carboxylic acids is 1. The predicted octanol–water partition coefficient (Wildman–Crippen LogP) is 3.66. The minimum atomic E-state index is -0.444. The zero-order chi connectivity index (χ0) is 14.7. The van der Waals surface area contributed by atoms with Crippen molar-refractivity contribution in [3.63, 3.8) is 0 Å². The van der Waals surface area contributed by atoms with Crippen LogP contribution in [0.4, 0.5) is 4.39 Å². The monoisotopic (exact) mass is 294 g/mol. The van der Waals surface area contributed by atoms with E-state index in [1.54, 1.807) is 10.7 Å². The van der Waals surface area contributed by atoms with Crippen LogP contribution in [0.3, 0.4) is 0 Å². The van der Waals surface area contributed by atoms with Gasteiger partial charge in [0.1, 0.15) is 5.82 Å². The fourth-order valence-corrected chi connectivity index (χ4v) is 2.39. The first-order valence-electron chi connectivity index (χ1n) is 6.58. The maximum Gasteiger partial charge on any atom is 0.153 e. The zero-order valence-electron chi connectivity index (χ0n) is 11.5. The molecule has 3 nitrogen and oxygen atoms in total. The molecule has 5 heteroatoms. The number of carbonyl (C=O) groups is 1. The summed E-state index contributed by atoms with van der Waals surface area (Å²) in [6, 6.07) is 4.69. The summed E-state index contributed by atoms with van der Waals surface area (Å²) in [7, 11) is 0. The summed E-state index contributed by atoms with van der Waals surface area (Å²) in [6.07, 6.45) is 2.25. The number of aryl methyl sites for hydroxylation is 1. The van der Waals surface area contributed by atoms with E-state index in [0.717, 1.165) is 23.2 Å². The average molecular weight is 295 g/mol. The first-order valence-corrected chi connectivity index (χ1v) is 6.96. The molecule has 0 amide bonds. The Hall–Kier alpha value is -1.68. The molecule has 20 heavy (non-hydrogen) atoms. The average Bonchev–Trinajstić information content (AvgIpc) is 2.79. The number of halogens is 2. The van der Waals surface area contributed by atoms with Gasteiger partial charge in [-0.15, -0.1) is 0 Å². The third kappa shape index (κ3) is 2.75. The van der Waals surface area contributed by atoms with Gasteiger partial charge in [-0.05, 0) is 30.5 Å². The van der Waals surface area contributed by atoms with Crippen molar-refractivity contribution in [3.05, 3.63) is 51.6 Å². The molecule has 0 aliphatic carbocycles. The molecule has 0 N–H and O–H groups in total. The van der Waals surface area contributed by atoms with E-state index in [1.807, 2.05) is 13.8 Å². The summed E-state index contributed by atoms with van der Waals surface area (Å²) in [4.78, 5) is 11.2. The molecule has 2 aromatic rings. The minimum Gasteiger partial charge on any atom is -0.298 e. The molecular formula is C15H16ClFN2O. The number of rotatable bonds is 5. The van der Waals surface area contributed by atoms with E-state index in [1.165, 1.54) is 12.1 Å². The Morgan fingerprint density at radius 2 is 2.10 bits per heavy atom. The van der Waals surface area contributed by atoms with E-state index in [9.17, 15) is 9.18 Å². The molecule has 0 unspecified atom stereocenters. The number of hydrogen-bond donors (Lipinski definition) is 0. The first-order chi connectivity index (χ1) is 9.60. The molecule has 0 aliphatic rings. The molecule has 0 aliphatic heterocycles. The minimum absolute atomic E-state index is 0.104. The second kappa shape index (κ2) is 6.18. The molecule has 0 spiro atoms. The van der Waals surface area contributed by atoms with Crippen molar-refractivity contribution in [2.75, 3.05) is 0 Å². The Balaban J connectivity index is 2.39. The third-order valence-electron chi connectivity index (χ3n) is 3.28. The van der Waals surface area contributed by atoms with Crippen LogP contribution in [0.1, 0.15) is 41.2 Å². The molecule has 0 saturated heterocycles. The first kappa shape index (κ1) is 14.7. The molecular weight excluding hydrogens is 279 g/mol. The van der Waals surface area contributed by atoms with Crippen LogP contribution in [0.2, 0.25) is 5.02 Å². The van der Waals surface area contributed by atoms with Crippen LogP contribution in [0.25, 0.3) is 0 Å². The molecule has 0 saturated carbocycles. The van der Waals surface area contributed by atoms with Gasteiger partial charge in [0.05, 0.1) is 22.8 Å². The highest BCUT2D eigenvalue weighted by molar-refractivity contribution is 6.30. The van der Waals surface area contributed by atoms with Gasteiger partial charge in [0.2, 0.25) is 0 Å². The molecule has 1 aromatic heterocycles. The van der Waals surface area contributed by atoms with Crippen molar-refractivity contribution in [3.8, 4) is 0 Å². The highest BCUT2D eigenvalue weighted by Crippen LogP contribution is 2.19. The molecule has 2 rings (SSSR count). The van der Waals surface area contributed by atoms with Gasteiger partial charge < -0.3 is 0 Å². The molecule has 0 radical (unpaired) electrons. The van der Waals surface area contributed by atoms with E-state index < -0.39 is 5.82 Å². The van der Waals surface area contributed by atoms with Crippen LogP contribution in [-0.4, -0.2) is 16.1 Å². The molecule has 0 atom stereocenters. The summed E-state index contributed by atoms with van der Waals surface area (Å²) in [5.74, 6) is -0.444. The van der Waals surface area contributed by atoms with Crippen molar-refractivity contribution in [2.24, 2.45) is 0 Å². The Morgan fingerprint density at radius 3 is 2.65 bits per heavy atom. The van der Waals surface area contributed by atoms with Gasteiger partial charge in [0.15, 0.2) is 6.29 Å². The van der Waals surface area contributed by atoms with Crippen LogP contribution in [0, 0.1) is 5.82 Å². The topological polar surface area (TPSA) is 34.9 Å². The van der Waals surface area contributed by atoms with Gasteiger partial charge in [-0.25, -0.2) is 4.39 Å². The lowest BCUT2D eigenvalue weighted by Crippen LogP contribution is -2.07. The summed E-state index contributed by atoms with van der Waals surface area (Å²) >= 11 is 5.67. The smallest absolute Gasteiger partial charge is 0.153 e. The van der Waals surface area contributed by atoms with Gasteiger partial charge >= 0.3 is 0 Å². The van der Waals surface area contributed by atoms with E-state index in [2.05, 4.69) is 5.10 Å². The van der Waals surface area contributed by atoms with Crippen LogP contribution >= 0.6 is 11.6 Å². The highest BCUT2D eigenvalue weighted by Gasteiger charge is 2.15. The lowest BCUT2D eigenvalue weighted by Gasteiger charge is -2.07. The third-order valence-corrected chi connectivity index (χ3v) is 3.59. The quantitative estimate of drug-likeness (QED) is 0.789. The van der Waals surface area contributed by atoms with Crippen LogP contribution < -0.4 is 0 Å². The fourth-order valence-electron chi connectivity index (χ4n) is 2.28. The Kier molecular flexibility index (Phi) is 4.55. The molecule has 0 fully saturated rings. The Bertz CT molecular complexity index is 637. The summed E-state index contributed by atoms with van der Waals surface area (Å²) in [6.45, 7) is 4.36. The second-order valence-corrected chi connectivity index (χ2v) is 4.95. The van der Waals surface area contributed by atoms with Crippen molar-refractivity contribution in [1.29, 1.82) is 0 Å². The largest absolute Gasteiger partial charge is 0.298 e. The fraction of sp³-hybridized carbons (Fsp3) is 0.333. The van der Waals surface area contributed by atoms with E-state index in [-0.39, 0.29) is 5.02 Å². The molecule has 1 heterocycles. The van der Waals surface area contributed by atoms with E-state index >= 15 is 0 Å². The second-order valence-electron chi connectivity index (χ2n) is 4.54. The number of nitrogens with zero attached hydrogens (tertiary/aromatic N) is 2. The molecule has 1 aromatic carbocycles. The van der Waals surface area contributed by atoms with E-state index in [4.69, 9.17) is 11.6 Å². The molecule has 106 valence electrons. The number of benzene rings is 1. The van der Waals surface area contributed by atoms with Crippen LogP contribution in [-0.2, 0) is 19.4 Å². The summed E-state index contributed by atoms with van der Waals surface area (Å²) in [5, 5.41) is 4.55. The van der Waals surface area contributed by atoms with Gasteiger partial charge in [0, 0.05) is 5.69 Å². The Labute approximate surface area is 122 Å². The van der Waals surface area contributed by atoms with Gasteiger partial charge in [-0.3, -0.25) is 9.48 Å². The van der Waals surface area contributed by atoms with E-state index in [0.29, 0.717) is 24.9 Å². The lowest BCUT2D eigenvalue weighted by molar-refractivity contribution is 0.112. The van der Waals surface area contributed by atoms with Gasteiger partial charge in [-0.2, -0.15) is 5.10 Å². The van der Waals surface area contributed by atoms with Gasteiger partial charge in [0.25, 0.3) is 0 Å². The molecule has 0 bridgehead atoms. The summed E-state index contributed by atoms with van der Waals surface area (Å²) in [5.41, 5.74) is 3.09. The van der Waals surface area contributed by atoms with Crippen molar-refractivity contribution in [2.45, 2.75) is 33.2 Å². The highest BCUT2D eigenvalue weighted by atomic mass is 35.5. The van der Waals surface area contributed by atoms with Crippen molar-refractivity contribution >= 4 is 17.9 Å². The normalized spacial score (nSPS) is 10.8. The number of hydrogen-bond acceptors (Lipinski definition) is 2. The maximum absolute atomic E-state index is 13.5. The zero-order valence-corrected chi connectivity index (χ0v) is 12.2. The van der Waals surface area contributed by atoms with Crippen molar-refractivity contribution in [1.82, 2.24) is 9.78 Å². The van der Waals surface area contributed by atoms with Crippen LogP contribution in [0.15, 0.2) is 18.2 Å². The summed E-state index contributed by atoms with van der Waals surface area (Å²) < 4.78 is 15.2. The van der Waals surface area contributed by atoms with Gasteiger partial charge in [-0.1, -0.05) is 31.5 Å².